The van der Waals surface area contributed by atoms with E-state index in [9.17, 15) is 8.42 Å². The number of sulfonamides is 1. The molecule has 2 aromatic carbocycles. The van der Waals surface area contributed by atoms with Crippen molar-refractivity contribution in [2.75, 3.05) is 4.72 Å². The molecule has 110 valence electrons. The van der Waals surface area contributed by atoms with Crippen molar-refractivity contribution < 1.29 is 8.42 Å². The Morgan fingerprint density at radius 3 is 2.43 bits per heavy atom. The maximum Gasteiger partial charge on any atom is 0.262 e. The van der Waals surface area contributed by atoms with Crippen molar-refractivity contribution in [3.05, 3.63) is 59.7 Å². The third-order valence-corrected chi connectivity index (χ3v) is 4.73. The summed E-state index contributed by atoms with van der Waals surface area (Å²) in [6.07, 6.45) is 0.732. The van der Waals surface area contributed by atoms with E-state index in [0.29, 0.717) is 11.3 Å². The number of thiocarbonyl (C=S) groups is 1. The third kappa shape index (κ3) is 3.40. The molecule has 0 aliphatic carbocycles. The highest BCUT2D eigenvalue weighted by Gasteiger charge is 2.20. The number of rotatable bonds is 5. The summed E-state index contributed by atoms with van der Waals surface area (Å²) in [5.41, 5.74) is 7.43. The molecule has 0 amide bonds. The van der Waals surface area contributed by atoms with E-state index in [2.05, 4.69) is 4.72 Å². The van der Waals surface area contributed by atoms with Gasteiger partial charge in [0.15, 0.2) is 0 Å². The van der Waals surface area contributed by atoms with Crippen LogP contribution < -0.4 is 10.5 Å². The van der Waals surface area contributed by atoms with Gasteiger partial charge in [-0.25, -0.2) is 8.42 Å². The molecular weight excluding hydrogens is 304 g/mol. The molecule has 0 bridgehead atoms. The Morgan fingerprint density at radius 1 is 1.14 bits per heavy atom. The molecule has 0 saturated heterocycles. The number of hydrogen-bond donors (Lipinski definition) is 2. The van der Waals surface area contributed by atoms with Crippen LogP contribution in [0.15, 0.2) is 53.4 Å². The van der Waals surface area contributed by atoms with Gasteiger partial charge in [-0.05, 0) is 24.1 Å². The monoisotopic (exact) mass is 320 g/mol. The molecule has 21 heavy (non-hydrogen) atoms. The van der Waals surface area contributed by atoms with E-state index >= 15 is 0 Å². The lowest BCUT2D eigenvalue weighted by Gasteiger charge is -2.13. The Hall–Kier alpha value is -1.92. The number of benzene rings is 2. The fraction of sp³-hybridized carbons (Fsp3) is 0.133. The predicted octanol–water partition coefficient (Wildman–Crippen LogP) is 2.68. The van der Waals surface area contributed by atoms with Gasteiger partial charge in [0.25, 0.3) is 10.0 Å². The zero-order valence-corrected chi connectivity index (χ0v) is 13.2. The first-order valence-corrected chi connectivity index (χ1v) is 8.34. The van der Waals surface area contributed by atoms with Crippen LogP contribution in [0, 0.1) is 0 Å². The van der Waals surface area contributed by atoms with Crippen LogP contribution in [0.25, 0.3) is 0 Å². The fourth-order valence-corrected chi connectivity index (χ4v) is 3.60. The van der Waals surface area contributed by atoms with Gasteiger partial charge in [-0.15, -0.1) is 0 Å². The van der Waals surface area contributed by atoms with Crippen LogP contribution in [-0.4, -0.2) is 13.4 Å². The van der Waals surface area contributed by atoms with Gasteiger partial charge in [0.2, 0.25) is 0 Å². The Bertz CT molecular complexity index is 771. The molecule has 2 aromatic rings. The van der Waals surface area contributed by atoms with Gasteiger partial charge in [-0.3, -0.25) is 4.72 Å². The quantitative estimate of drug-likeness (QED) is 0.831. The maximum atomic E-state index is 12.6. The lowest BCUT2D eigenvalue weighted by Crippen LogP contribution is -2.20. The second-order valence-electron chi connectivity index (χ2n) is 4.48. The molecule has 0 spiro atoms. The molecular formula is C15H16N2O2S2. The Labute approximate surface area is 130 Å². The van der Waals surface area contributed by atoms with Crippen molar-refractivity contribution >= 4 is 32.9 Å². The normalized spacial score (nSPS) is 11.1. The minimum atomic E-state index is -3.74. The van der Waals surface area contributed by atoms with E-state index in [-0.39, 0.29) is 9.88 Å². The Morgan fingerprint density at radius 2 is 1.76 bits per heavy atom. The van der Waals surface area contributed by atoms with E-state index in [1.807, 2.05) is 19.1 Å². The molecule has 3 N–H and O–H groups in total. The van der Waals surface area contributed by atoms with Gasteiger partial charge < -0.3 is 5.73 Å². The van der Waals surface area contributed by atoms with Crippen molar-refractivity contribution in [3.8, 4) is 0 Å². The highest BCUT2D eigenvalue weighted by atomic mass is 32.2. The summed E-state index contributed by atoms with van der Waals surface area (Å²) in [5.74, 6) is 0. The van der Waals surface area contributed by atoms with Crippen molar-refractivity contribution in [1.82, 2.24) is 0 Å². The summed E-state index contributed by atoms with van der Waals surface area (Å²) in [6, 6.07) is 13.7. The molecule has 0 aromatic heterocycles. The van der Waals surface area contributed by atoms with Gasteiger partial charge in [0.05, 0.1) is 10.6 Å². The SMILES string of the molecule is CCc1ccccc1NS(=O)(=O)c1ccccc1C(N)=S. The largest absolute Gasteiger partial charge is 0.389 e. The molecule has 0 radical (unpaired) electrons. The number of anilines is 1. The average Bonchev–Trinajstić information content (AvgIpc) is 2.47. The molecule has 0 saturated carbocycles. The van der Waals surface area contributed by atoms with Crippen LogP contribution in [0.2, 0.25) is 0 Å². The van der Waals surface area contributed by atoms with Crippen LogP contribution in [0.1, 0.15) is 18.1 Å². The zero-order chi connectivity index (χ0) is 15.5. The summed E-state index contributed by atoms with van der Waals surface area (Å²) in [4.78, 5) is 0.142. The lowest BCUT2D eigenvalue weighted by molar-refractivity contribution is 0.601. The van der Waals surface area contributed by atoms with Crippen LogP contribution in [0.4, 0.5) is 5.69 Å². The van der Waals surface area contributed by atoms with E-state index in [4.69, 9.17) is 18.0 Å². The summed E-state index contributed by atoms with van der Waals surface area (Å²) < 4.78 is 27.7. The van der Waals surface area contributed by atoms with E-state index in [0.717, 1.165) is 12.0 Å². The Kier molecular flexibility index (Phi) is 4.59. The number of para-hydroxylation sites is 1. The molecule has 0 aliphatic rings. The zero-order valence-electron chi connectivity index (χ0n) is 11.5. The number of aryl methyl sites for hydroxylation is 1. The standard InChI is InChI=1S/C15H16N2O2S2/c1-2-11-7-3-5-9-13(11)17-21(18,19)14-10-6-4-8-12(14)15(16)20/h3-10,17H,2H2,1H3,(H2,16,20). The summed E-state index contributed by atoms with van der Waals surface area (Å²) in [7, 11) is -3.74. The smallest absolute Gasteiger partial charge is 0.262 e. The minimum absolute atomic E-state index is 0.0553. The number of nitrogens with one attached hydrogen (secondary N) is 1. The van der Waals surface area contributed by atoms with E-state index in [1.54, 1.807) is 30.3 Å². The van der Waals surface area contributed by atoms with Crippen molar-refractivity contribution in [2.45, 2.75) is 18.2 Å². The van der Waals surface area contributed by atoms with Crippen LogP contribution in [0.3, 0.4) is 0 Å². The molecule has 0 atom stereocenters. The number of nitrogens with two attached hydrogens (primary N) is 1. The Balaban J connectivity index is 2.46. The highest BCUT2D eigenvalue weighted by molar-refractivity contribution is 7.93. The van der Waals surface area contributed by atoms with Crippen molar-refractivity contribution in [1.29, 1.82) is 0 Å². The first kappa shape index (κ1) is 15.5. The summed E-state index contributed by atoms with van der Waals surface area (Å²) in [6.45, 7) is 1.97. The van der Waals surface area contributed by atoms with Crippen LogP contribution in [-0.2, 0) is 16.4 Å². The molecule has 0 fully saturated rings. The second kappa shape index (κ2) is 6.24. The number of hydrogen-bond acceptors (Lipinski definition) is 3. The van der Waals surface area contributed by atoms with Gasteiger partial charge >= 0.3 is 0 Å². The lowest BCUT2D eigenvalue weighted by atomic mass is 10.1. The highest BCUT2D eigenvalue weighted by Crippen LogP contribution is 2.22. The first-order chi connectivity index (χ1) is 9.95. The average molecular weight is 320 g/mol. The molecule has 4 nitrogen and oxygen atoms in total. The molecule has 0 aliphatic heterocycles. The van der Waals surface area contributed by atoms with Crippen LogP contribution >= 0.6 is 12.2 Å². The topological polar surface area (TPSA) is 72.2 Å². The second-order valence-corrected chi connectivity index (χ2v) is 6.57. The van der Waals surface area contributed by atoms with Gasteiger partial charge in [0.1, 0.15) is 4.99 Å². The predicted molar refractivity (Wildman–Crippen MR) is 89.0 cm³/mol. The first-order valence-electron chi connectivity index (χ1n) is 6.45. The fourth-order valence-electron chi connectivity index (χ4n) is 2.03. The van der Waals surface area contributed by atoms with E-state index < -0.39 is 10.0 Å². The molecule has 2 rings (SSSR count). The van der Waals surface area contributed by atoms with Gasteiger partial charge in [0, 0.05) is 5.56 Å². The van der Waals surface area contributed by atoms with Gasteiger partial charge in [-0.2, -0.15) is 0 Å². The van der Waals surface area contributed by atoms with Gasteiger partial charge in [-0.1, -0.05) is 55.5 Å². The minimum Gasteiger partial charge on any atom is -0.389 e. The molecule has 6 heteroatoms. The molecule has 0 unspecified atom stereocenters. The van der Waals surface area contributed by atoms with Crippen LogP contribution in [0.5, 0.6) is 0 Å². The van der Waals surface area contributed by atoms with Crippen molar-refractivity contribution in [3.63, 3.8) is 0 Å². The third-order valence-electron chi connectivity index (χ3n) is 3.08. The summed E-state index contributed by atoms with van der Waals surface area (Å²) in [5, 5.41) is 0. The molecule has 0 heterocycles. The maximum absolute atomic E-state index is 12.6. The summed E-state index contributed by atoms with van der Waals surface area (Å²) >= 11 is 4.92. The van der Waals surface area contributed by atoms with Crippen molar-refractivity contribution in [2.24, 2.45) is 5.73 Å². The van der Waals surface area contributed by atoms with E-state index in [1.165, 1.54) is 6.07 Å².